The predicted octanol–water partition coefficient (Wildman–Crippen LogP) is 0.224. The van der Waals surface area contributed by atoms with Crippen molar-refractivity contribution in [1.82, 2.24) is 5.32 Å². The molecule has 0 fully saturated rings. The molecule has 0 bridgehead atoms. The van der Waals surface area contributed by atoms with Crippen LogP contribution in [0.2, 0.25) is 0 Å². The summed E-state index contributed by atoms with van der Waals surface area (Å²) in [7, 11) is 0. The Kier molecular flexibility index (Phi) is 3.27. The minimum atomic E-state index is -0.229. The molecule has 0 aromatic carbocycles. The van der Waals surface area contributed by atoms with E-state index in [0.29, 0.717) is 5.56 Å². The fraction of sp³-hybridized carbons (Fsp3) is 0.143. The maximum absolute atomic E-state index is 11.2. The number of oxime groups is 1. The molecule has 1 rings (SSSR count). The van der Waals surface area contributed by atoms with Crippen molar-refractivity contribution >= 4 is 23.1 Å². The molecule has 13 heavy (non-hydrogen) atoms. The highest BCUT2D eigenvalue weighted by Gasteiger charge is 2.04. The van der Waals surface area contributed by atoms with E-state index in [1.807, 2.05) is 0 Å². The van der Waals surface area contributed by atoms with Crippen molar-refractivity contribution in [3.05, 3.63) is 22.4 Å². The van der Waals surface area contributed by atoms with Gasteiger partial charge < -0.3 is 16.3 Å². The van der Waals surface area contributed by atoms with Crippen LogP contribution in [0, 0.1) is 0 Å². The van der Waals surface area contributed by atoms with Gasteiger partial charge in [0.15, 0.2) is 5.84 Å². The Labute approximate surface area is 78.9 Å². The number of amidine groups is 1. The average molecular weight is 199 g/mol. The van der Waals surface area contributed by atoms with Crippen molar-refractivity contribution in [3.8, 4) is 0 Å². The lowest BCUT2D eigenvalue weighted by atomic mass is 10.3. The number of carbonyl (C=O) groups excluding carboxylic acids is 1. The fourth-order valence-corrected chi connectivity index (χ4v) is 1.34. The molecule has 1 aromatic rings. The Morgan fingerprint density at radius 2 is 2.54 bits per heavy atom. The van der Waals surface area contributed by atoms with Crippen molar-refractivity contribution in [3.63, 3.8) is 0 Å². The van der Waals surface area contributed by atoms with Crippen LogP contribution >= 0.6 is 11.3 Å². The zero-order valence-electron chi connectivity index (χ0n) is 6.73. The summed E-state index contributed by atoms with van der Waals surface area (Å²) in [5, 5.41) is 16.9. The molecule has 0 aliphatic rings. The first-order valence-electron chi connectivity index (χ1n) is 3.51. The third-order valence-corrected chi connectivity index (χ3v) is 2.03. The Hall–Kier alpha value is -1.56. The number of carbonyl (C=O) groups is 1. The molecule has 0 atom stereocenters. The molecule has 0 saturated carbocycles. The monoisotopic (exact) mass is 199 g/mol. The number of hydrogen-bond acceptors (Lipinski definition) is 4. The van der Waals surface area contributed by atoms with Crippen LogP contribution in [0.1, 0.15) is 10.4 Å². The summed E-state index contributed by atoms with van der Waals surface area (Å²) in [6, 6.07) is 1.70. The average Bonchev–Trinajstić information content (AvgIpc) is 2.66. The standard InChI is InChI=1S/C7H9N3O2S/c8-6(10-12)3-9-7(11)5-1-2-13-4-5/h1-2,4,12H,3H2,(H2,8,10)(H,9,11). The van der Waals surface area contributed by atoms with Gasteiger partial charge in [-0.05, 0) is 11.4 Å². The maximum atomic E-state index is 11.2. The second-order valence-electron chi connectivity index (χ2n) is 2.29. The SMILES string of the molecule is N/C(CNC(=O)c1ccsc1)=N\O. The number of amides is 1. The van der Waals surface area contributed by atoms with E-state index in [9.17, 15) is 4.79 Å². The Balaban J connectivity index is 2.44. The fourth-order valence-electron chi connectivity index (χ4n) is 0.702. The molecule has 1 amide bonds. The third kappa shape index (κ3) is 2.75. The molecule has 0 radical (unpaired) electrons. The van der Waals surface area contributed by atoms with Crippen LogP contribution in [0.4, 0.5) is 0 Å². The van der Waals surface area contributed by atoms with Crippen molar-refractivity contribution in [1.29, 1.82) is 0 Å². The topological polar surface area (TPSA) is 87.7 Å². The smallest absolute Gasteiger partial charge is 0.252 e. The second kappa shape index (κ2) is 4.46. The van der Waals surface area contributed by atoms with Crippen molar-refractivity contribution in [2.24, 2.45) is 10.9 Å². The van der Waals surface area contributed by atoms with Crippen LogP contribution in [0.25, 0.3) is 0 Å². The first-order chi connectivity index (χ1) is 6.24. The predicted molar refractivity (Wildman–Crippen MR) is 50.1 cm³/mol. The summed E-state index contributed by atoms with van der Waals surface area (Å²) in [5.41, 5.74) is 5.74. The molecule has 5 nitrogen and oxygen atoms in total. The van der Waals surface area contributed by atoms with E-state index in [4.69, 9.17) is 10.9 Å². The van der Waals surface area contributed by atoms with Gasteiger partial charge in [0.1, 0.15) is 0 Å². The number of nitrogens with two attached hydrogens (primary N) is 1. The summed E-state index contributed by atoms with van der Waals surface area (Å²) >= 11 is 1.44. The minimum absolute atomic E-state index is 0.0245. The van der Waals surface area contributed by atoms with Gasteiger partial charge in [0, 0.05) is 10.9 Å². The van der Waals surface area contributed by atoms with E-state index < -0.39 is 0 Å². The zero-order valence-corrected chi connectivity index (χ0v) is 7.54. The van der Waals surface area contributed by atoms with Crippen molar-refractivity contribution in [2.45, 2.75) is 0 Å². The van der Waals surface area contributed by atoms with E-state index >= 15 is 0 Å². The van der Waals surface area contributed by atoms with Crippen molar-refractivity contribution < 1.29 is 10.0 Å². The first kappa shape index (κ1) is 9.53. The molecule has 0 saturated heterocycles. The Bertz CT molecular complexity index is 308. The lowest BCUT2D eigenvalue weighted by Gasteiger charge is -2.00. The third-order valence-electron chi connectivity index (χ3n) is 1.34. The summed E-state index contributed by atoms with van der Waals surface area (Å²) in [4.78, 5) is 11.2. The lowest BCUT2D eigenvalue weighted by Crippen LogP contribution is -2.33. The molecule has 0 aliphatic heterocycles. The van der Waals surface area contributed by atoms with Crippen LogP contribution in [-0.4, -0.2) is 23.5 Å². The van der Waals surface area contributed by atoms with E-state index in [-0.39, 0.29) is 18.3 Å². The van der Waals surface area contributed by atoms with E-state index in [1.165, 1.54) is 11.3 Å². The van der Waals surface area contributed by atoms with Gasteiger partial charge in [-0.3, -0.25) is 4.79 Å². The molecule has 0 spiro atoms. The van der Waals surface area contributed by atoms with Crippen LogP contribution in [0.15, 0.2) is 22.0 Å². The van der Waals surface area contributed by atoms with Gasteiger partial charge in [-0.15, -0.1) is 0 Å². The maximum Gasteiger partial charge on any atom is 0.252 e. The highest BCUT2D eigenvalue weighted by molar-refractivity contribution is 7.08. The van der Waals surface area contributed by atoms with Gasteiger partial charge in [-0.2, -0.15) is 11.3 Å². The van der Waals surface area contributed by atoms with Gasteiger partial charge in [0.25, 0.3) is 5.91 Å². The highest BCUT2D eigenvalue weighted by Crippen LogP contribution is 2.04. The summed E-state index contributed by atoms with van der Waals surface area (Å²) in [5.74, 6) is -0.253. The molecule has 0 aliphatic carbocycles. The quantitative estimate of drug-likeness (QED) is 0.282. The van der Waals surface area contributed by atoms with Gasteiger partial charge in [-0.25, -0.2) is 0 Å². The number of nitrogens with zero attached hydrogens (tertiary/aromatic N) is 1. The normalized spacial score (nSPS) is 11.2. The van der Waals surface area contributed by atoms with Crippen LogP contribution < -0.4 is 11.1 Å². The Morgan fingerprint density at radius 1 is 1.77 bits per heavy atom. The first-order valence-corrected chi connectivity index (χ1v) is 4.45. The number of thiophene rings is 1. The number of nitrogens with one attached hydrogen (secondary N) is 1. The molecule has 0 unspecified atom stereocenters. The second-order valence-corrected chi connectivity index (χ2v) is 3.07. The largest absolute Gasteiger partial charge is 0.409 e. The number of hydrogen-bond donors (Lipinski definition) is 3. The summed E-state index contributed by atoms with van der Waals surface area (Å²) < 4.78 is 0. The van der Waals surface area contributed by atoms with E-state index in [1.54, 1.807) is 16.8 Å². The van der Waals surface area contributed by atoms with Crippen LogP contribution in [-0.2, 0) is 0 Å². The minimum Gasteiger partial charge on any atom is -0.409 e. The molecule has 1 heterocycles. The molecule has 1 aromatic heterocycles. The van der Waals surface area contributed by atoms with E-state index in [0.717, 1.165) is 0 Å². The van der Waals surface area contributed by atoms with E-state index in [2.05, 4.69) is 10.5 Å². The Morgan fingerprint density at radius 3 is 3.08 bits per heavy atom. The molecule has 4 N–H and O–H groups in total. The molecular formula is C7H9N3O2S. The van der Waals surface area contributed by atoms with Gasteiger partial charge in [0.05, 0.1) is 6.54 Å². The van der Waals surface area contributed by atoms with Crippen molar-refractivity contribution in [2.75, 3.05) is 6.54 Å². The molecular weight excluding hydrogens is 190 g/mol. The zero-order chi connectivity index (χ0) is 9.68. The van der Waals surface area contributed by atoms with Crippen LogP contribution in [0.3, 0.4) is 0 Å². The highest BCUT2D eigenvalue weighted by atomic mass is 32.1. The molecule has 70 valence electrons. The number of rotatable bonds is 3. The summed E-state index contributed by atoms with van der Waals surface area (Å²) in [6.45, 7) is 0.0468. The van der Waals surface area contributed by atoms with Gasteiger partial charge in [-0.1, -0.05) is 5.16 Å². The van der Waals surface area contributed by atoms with Gasteiger partial charge >= 0.3 is 0 Å². The molecule has 6 heteroatoms. The summed E-state index contributed by atoms with van der Waals surface area (Å²) in [6.07, 6.45) is 0. The van der Waals surface area contributed by atoms with Crippen LogP contribution in [0.5, 0.6) is 0 Å². The van der Waals surface area contributed by atoms with Gasteiger partial charge in [0.2, 0.25) is 0 Å². The lowest BCUT2D eigenvalue weighted by molar-refractivity contribution is 0.0959.